The number of benzene rings is 2. The van der Waals surface area contributed by atoms with Gasteiger partial charge in [0, 0.05) is 31.1 Å². The Morgan fingerprint density at radius 2 is 1.86 bits per heavy atom. The van der Waals surface area contributed by atoms with E-state index in [1.807, 2.05) is 64.9 Å². The minimum Gasteiger partial charge on any atom is -0.497 e. The predicted octanol–water partition coefficient (Wildman–Crippen LogP) is 3.55. The summed E-state index contributed by atoms with van der Waals surface area (Å²) in [7, 11) is 3.25. The topological polar surface area (TPSA) is 96.9 Å². The quantitative estimate of drug-likeness (QED) is 0.310. The van der Waals surface area contributed by atoms with E-state index in [4.69, 9.17) is 19.2 Å². The van der Waals surface area contributed by atoms with Gasteiger partial charge in [-0.05, 0) is 29.8 Å². The Morgan fingerprint density at radius 3 is 2.57 bits per heavy atom. The molecule has 4 rings (SSSR count). The van der Waals surface area contributed by atoms with Crippen LogP contribution in [-0.2, 0) is 11.3 Å². The maximum atomic E-state index is 13.0. The number of aliphatic hydroxyl groups excluding tert-OH is 1. The molecule has 0 amide bonds. The maximum Gasteiger partial charge on any atom is 0.260 e. The lowest BCUT2D eigenvalue weighted by molar-refractivity contribution is 0.0533. The summed E-state index contributed by atoms with van der Waals surface area (Å²) in [5, 5.41) is 13.1. The maximum absolute atomic E-state index is 13.0. The molecule has 0 radical (unpaired) electrons. The molecule has 184 valence electrons. The monoisotopic (exact) mass is 495 g/mol. The molecule has 2 aromatic carbocycles. The molecule has 8 nitrogen and oxygen atoms in total. The average Bonchev–Trinajstić information content (AvgIpc) is 3.31. The van der Waals surface area contributed by atoms with E-state index in [-0.39, 0.29) is 12.2 Å². The molecule has 9 heteroatoms. The number of aliphatic hydroxyl groups is 1. The van der Waals surface area contributed by atoms with E-state index in [0.29, 0.717) is 48.0 Å². The van der Waals surface area contributed by atoms with E-state index < -0.39 is 6.10 Å². The number of ether oxygens (including phenoxy) is 3. The van der Waals surface area contributed by atoms with Gasteiger partial charge in [0.1, 0.15) is 34.9 Å². The molecular weight excluding hydrogens is 466 g/mol. The summed E-state index contributed by atoms with van der Waals surface area (Å²) < 4.78 is 16.1. The first-order chi connectivity index (χ1) is 17.1. The Hall–Kier alpha value is -3.24. The summed E-state index contributed by atoms with van der Waals surface area (Å²) in [6, 6.07) is 17.0. The van der Waals surface area contributed by atoms with Gasteiger partial charge in [-0.25, -0.2) is 4.98 Å². The Balaban J connectivity index is 1.48. The lowest BCUT2D eigenvalue weighted by Gasteiger charge is -2.24. The highest BCUT2D eigenvalue weighted by atomic mass is 32.1. The van der Waals surface area contributed by atoms with Crippen LogP contribution in [0.1, 0.15) is 5.82 Å². The Labute approximate surface area is 207 Å². The van der Waals surface area contributed by atoms with Crippen molar-refractivity contribution in [2.75, 3.05) is 40.5 Å². The molecule has 1 unspecified atom stereocenters. The van der Waals surface area contributed by atoms with E-state index in [0.717, 1.165) is 16.9 Å². The number of H-pyrrole nitrogens is 1. The van der Waals surface area contributed by atoms with Gasteiger partial charge in [-0.1, -0.05) is 30.3 Å². The van der Waals surface area contributed by atoms with Crippen LogP contribution in [0.15, 0.2) is 64.8 Å². The van der Waals surface area contributed by atoms with Crippen molar-refractivity contribution in [1.82, 2.24) is 14.9 Å². The lowest BCUT2D eigenvalue weighted by Crippen LogP contribution is -2.38. The number of nitrogens with zero attached hydrogens (tertiary/aromatic N) is 2. The molecule has 0 bridgehead atoms. The second-order valence-electron chi connectivity index (χ2n) is 8.08. The molecular formula is C26H29N3O5S. The third kappa shape index (κ3) is 6.46. The molecule has 35 heavy (non-hydrogen) atoms. The van der Waals surface area contributed by atoms with Crippen LogP contribution in [0.3, 0.4) is 0 Å². The largest absolute Gasteiger partial charge is 0.497 e. The average molecular weight is 496 g/mol. The fourth-order valence-corrected chi connectivity index (χ4v) is 4.75. The van der Waals surface area contributed by atoms with Crippen molar-refractivity contribution in [2.24, 2.45) is 0 Å². The first kappa shape index (κ1) is 24.9. The number of hydrogen-bond acceptors (Lipinski definition) is 8. The number of nitrogens with one attached hydrogen (secondary N) is 1. The highest BCUT2D eigenvalue weighted by Gasteiger charge is 2.17. The second kappa shape index (κ2) is 11.9. The highest BCUT2D eigenvalue weighted by molar-refractivity contribution is 7.17. The first-order valence-corrected chi connectivity index (χ1v) is 12.2. The first-order valence-electron chi connectivity index (χ1n) is 11.3. The van der Waals surface area contributed by atoms with Gasteiger partial charge in [-0.3, -0.25) is 9.69 Å². The van der Waals surface area contributed by atoms with Gasteiger partial charge >= 0.3 is 0 Å². The SMILES string of the molecule is COCCN(Cc1nc2scc(-c3ccc(OC)cc3)c2c(=O)[nH]1)CC(O)COc1ccccc1. The molecule has 0 aliphatic carbocycles. The Kier molecular flexibility index (Phi) is 8.49. The van der Waals surface area contributed by atoms with Crippen LogP contribution < -0.4 is 15.0 Å². The molecule has 4 aromatic rings. The minimum atomic E-state index is -0.717. The van der Waals surface area contributed by atoms with Gasteiger partial charge in [0.05, 0.1) is 25.6 Å². The van der Waals surface area contributed by atoms with Gasteiger partial charge in [-0.15, -0.1) is 11.3 Å². The van der Waals surface area contributed by atoms with E-state index in [9.17, 15) is 9.90 Å². The molecule has 0 fully saturated rings. The third-order valence-corrected chi connectivity index (χ3v) is 6.41. The van der Waals surface area contributed by atoms with Crippen molar-refractivity contribution >= 4 is 21.6 Å². The van der Waals surface area contributed by atoms with E-state index >= 15 is 0 Å². The number of aromatic amines is 1. The van der Waals surface area contributed by atoms with Crippen LogP contribution in [-0.4, -0.2) is 66.6 Å². The van der Waals surface area contributed by atoms with Crippen LogP contribution in [0.2, 0.25) is 0 Å². The number of hydrogen-bond donors (Lipinski definition) is 2. The summed E-state index contributed by atoms with van der Waals surface area (Å²) in [5.41, 5.74) is 1.59. The van der Waals surface area contributed by atoms with E-state index in [1.54, 1.807) is 14.2 Å². The van der Waals surface area contributed by atoms with Gasteiger partial charge < -0.3 is 24.3 Å². The molecule has 0 saturated carbocycles. The molecule has 2 heterocycles. The van der Waals surface area contributed by atoms with Crippen LogP contribution in [0.25, 0.3) is 21.3 Å². The minimum absolute atomic E-state index is 0.159. The van der Waals surface area contributed by atoms with Gasteiger partial charge in [0.25, 0.3) is 5.56 Å². The summed E-state index contributed by atoms with van der Waals surface area (Å²) in [4.78, 5) is 23.3. The lowest BCUT2D eigenvalue weighted by atomic mass is 10.1. The normalized spacial score (nSPS) is 12.2. The molecule has 0 aliphatic rings. The van der Waals surface area contributed by atoms with Crippen molar-refractivity contribution < 1.29 is 19.3 Å². The van der Waals surface area contributed by atoms with Gasteiger partial charge in [-0.2, -0.15) is 0 Å². The molecule has 0 saturated heterocycles. The number of thiophene rings is 1. The fourth-order valence-electron chi connectivity index (χ4n) is 3.78. The van der Waals surface area contributed by atoms with Crippen LogP contribution >= 0.6 is 11.3 Å². The molecule has 2 aromatic heterocycles. The summed E-state index contributed by atoms with van der Waals surface area (Å²) in [6.07, 6.45) is -0.717. The van der Waals surface area contributed by atoms with Crippen molar-refractivity contribution in [2.45, 2.75) is 12.6 Å². The standard InChI is InChI=1S/C26H29N3O5S/c1-32-13-12-29(14-19(30)16-34-21-6-4-3-5-7-21)15-23-27-25(31)24-22(17-35-26(24)28-23)18-8-10-20(33-2)11-9-18/h3-11,17,19,30H,12-16H2,1-2H3,(H,27,28,31). The zero-order valence-corrected chi connectivity index (χ0v) is 20.6. The van der Waals surface area contributed by atoms with Gasteiger partial charge in [0.2, 0.25) is 0 Å². The molecule has 1 atom stereocenters. The van der Waals surface area contributed by atoms with Crippen LogP contribution in [0.5, 0.6) is 11.5 Å². The van der Waals surface area contributed by atoms with Crippen LogP contribution in [0.4, 0.5) is 0 Å². The Morgan fingerprint density at radius 1 is 1.09 bits per heavy atom. The number of aromatic nitrogens is 2. The van der Waals surface area contributed by atoms with Crippen molar-refractivity contribution in [3.63, 3.8) is 0 Å². The number of fused-ring (bicyclic) bond motifs is 1. The zero-order chi connectivity index (χ0) is 24.6. The predicted molar refractivity (Wildman–Crippen MR) is 137 cm³/mol. The summed E-state index contributed by atoms with van der Waals surface area (Å²) in [6.45, 7) is 1.93. The van der Waals surface area contributed by atoms with Crippen molar-refractivity contribution in [1.29, 1.82) is 0 Å². The fraction of sp³-hybridized carbons (Fsp3) is 0.308. The number of para-hydroxylation sites is 1. The zero-order valence-electron chi connectivity index (χ0n) is 19.8. The van der Waals surface area contributed by atoms with Gasteiger partial charge in [0.15, 0.2) is 0 Å². The number of rotatable bonds is 12. The summed E-state index contributed by atoms with van der Waals surface area (Å²) >= 11 is 1.44. The summed E-state index contributed by atoms with van der Waals surface area (Å²) in [5.74, 6) is 2.00. The highest BCUT2D eigenvalue weighted by Crippen LogP contribution is 2.31. The third-order valence-electron chi connectivity index (χ3n) is 5.53. The van der Waals surface area contributed by atoms with Crippen LogP contribution in [0, 0.1) is 0 Å². The Bertz CT molecular complexity index is 1270. The number of methoxy groups -OCH3 is 2. The van der Waals surface area contributed by atoms with E-state index in [1.165, 1.54) is 11.3 Å². The molecule has 2 N–H and O–H groups in total. The van der Waals surface area contributed by atoms with Crippen molar-refractivity contribution in [3.8, 4) is 22.6 Å². The molecule has 0 aliphatic heterocycles. The second-order valence-corrected chi connectivity index (χ2v) is 8.93. The smallest absolute Gasteiger partial charge is 0.260 e. The van der Waals surface area contributed by atoms with Crippen molar-refractivity contribution in [3.05, 3.63) is 76.2 Å². The van der Waals surface area contributed by atoms with E-state index in [2.05, 4.69) is 4.98 Å². The molecule has 0 spiro atoms.